The molecule has 0 spiro atoms. The molecule has 1 fully saturated rings. The molecule has 0 radical (unpaired) electrons. The minimum absolute atomic E-state index is 0.0138. The summed E-state index contributed by atoms with van der Waals surface area (Å²) in [4.78, 5) is 11.1. The Morgan fingerprint density at radius 1 is 1.91 bits per heavy atom. The van der Waals surface area contributed by atoms with Crippen LogP contribution in [-0.4, -0.2) is 31.3 Å². The maximum atomic E-state index is 11.1. The quantitative estimate of drug-likeness (QED) is 0.524. The van der Waals surface area contributed by atoms with Gasteiger partial charge in [0, 0.05) is 19.1 Å². The normalized spacial score (nSPS) is 35.0. The van der Waals surface area contributed by atoms with Gasteiger partial charge < -0.3 is 15.6 Å². The summed E-state index contributed by atoms with van der Waals surface area (Å²) in [6.07, 6.45) is 0.659. The average molecular weight is 159 g/mol. The standard InChI is InChI=1S/C7H13NO3/c1-11-6(10)7(4-8)2-5(7)3-9/h5,9H,2-4,8H2,1H3. The predicted octanol–water partition coefficient (Wildman–Crippen LogP) is -0.883. The fourth-order valence-corrected chi connectivity index (χ4v) is 1.41. The summed E-state index contributed by atoms with van der Waals surface area (Å²) >= 11 is 0. The van der Waals surface area contributed by atoms with Gasteiger partial charge in [0.25, 0.3) is 0 Å². The van der Waals surface area contributed by atoms with Crippen LogP contribution in [0.25, 0.3) is 0 Å². The number of nitrogens with two attached hydrogens (primary N) is 1. The van der Waals surface area contributed by atoms with Crippen LogP contribution < -0.4 is 5.73 Å². The molecule has 0 aliphatic heterocycles. The van der Waals surface area contributed by atoms with Gasteiger partial charge in [0.15, 0.2) is 0 Å². The lowest BCUT2D eigenvalue weighted by Gasteiger charge is -2.10. The van der Waals surface area contributed by atoms with Crippen LogP contribution in [-0.2, 0) is 9.53 Å². The number of ether oxygens (including phenoxy) is 1. The largest absolute Gasteiger partial charge is 0.469 e. The Hall–Kier alpha value is -0.610. The number of rotatable bonds is 3. The lowest BCUT2D eigenvalue weighted by atomic mass is 10.1. The molecule has 1 rings (SSSR count). The number of aliphatic hydroxyl groups is 1. The molecular formula is C7H13NO3. The van der Waals surface area contributed by atoms with Crippen molar-refractivity contribution in [3.05, 3.63) is 0 Å². The summed E-state index contributed by atoms with van der Waals surface area (Å²) < 4.78 is 4.57. The van der Waals surface area contributed by atoms with Crippen molar-refractivity contribution >= 4 is 5.97 Å². The van der Waals surface area contributed by atoms with Crippen LogP contribution >= 0.6 is 0 Å². The molecule has 1 aliphatic rings. The number of aliphatic hydroxyl groups excluding tert-OH is 1. The van der Waals surface area contributed by atoms with E-state index in [0.29, 0.717) is 6.42 Å². The van der Waals surface area contributed by atoms with Gasteiger partial charge >= 0.3 is 5.97 Å². The lowest BCUT2D eigenvalue weighted by Crippen LogP contribution is -2.29. The van der Waals surface area contributed by atoms with Crippen LogP contribution in [0, 0.1) is 11.3 Å². The zero-order chi connectivity index (χ0) is 8.48. The first kappa shape index (κ1) is 8.49. The number of carbonyl (C=O) groups excluding carboxylic acids is 1. The number of esters is 1. The molecule has 0 aromatic heterocycles. The highest BCUT2D eigenvalue weighted by atomic mass is 16.5. The Bertz CT molecular complexity index is 171. The van der Waals surface area contributed by atoms with Crippen molar-refractivity contribution in [2.24, 2.45) is 17.1 Å². The van der Waals surface area contributed by atoms with Crippen molar-refractivity contribution in [2.45, 2.75) is 6.42 Å². The highest BCUT2D eigenvalue weighted by molar-refractivity contribution is 5.80. The fraction of sp³-hybridized carbons (Fsp3) is 0.857. The second-order valence-corrected chi connectivity index (χ2v) is 2.94. The third-order valence-corrected chi connectivity index (χ3v) is 2.41. The summed E-state index contributed by atoms with van der Waals surface area (Å²) in [5.41, 5.74) is 4.83. The Balaban J connectivity index is 2.59. The molecule has 0 bridgehead atoms. The number of methoxy groups -OCH3 is 1. The highest BCUT2D eigenvalue weighted by Gasteiger charge is 2.59. The van der Waals surface area contributed by atoms with E-state index < -0.39 is 5.41 Å². The summed E-state index contributed by atoms with van der Waals surface area (Å²) in [6, 6.07) is 0. The molecule has 1 saturated carbocycles. The molecule has 4 heteroatoms. The summed E-state index contributed by atoms with van der Waals surface area (Å²) in [7, 11) is 1.34. The van der Waals surface area contributed by atoms with Crippen molar-refractivity contribution in [1.29, 1.82) is 0 Å². The van der Waals surface area contributed by atoms with Gasteiger partial charge in [-0.2, -0.15) is 0 Å². The molecular weight excluding hydrogens is 146 g/mol. The van der Waals surface area contributed by atoms with E-state index in [9.17, 15) is 4.79 Å². The molecule has 2 unspecified atom stereocenters. The predicted molar refractivity (Wildman–Crippen MR) is 38.7 cm³/mol. The number of hydrogen-bond donors (Lipinski definition) is 2. The Kier molecular flexibility index (Phi) is 2.15. The van der Waals surface area contributed by atoms with Gasteiger partial charge in [-0.25, -0.2) is 0 Å². The molecule has 0 heterocycles. The van der Waals surface area contributed by atoms with E-state index in [1.165, 1.54) is 7.11 Å². The zero-order valence-corrected chi connectivity index (χ0v) is 6.54. The first-order valence-corrected chi connectivity index (χ1v) is 3.60. The van der Waals surface area contributed by atoms with E-state index in [2.05, 4.69) is 4.74 Å². The van der Waals surface area contributed by atoms with Crippen LogP contribution in [0.15, 0.2) is 0 Å². The van der Waals surface area contributed by atoms with Crippen molar-refractivity contribution < 1.29 is 14.6 Å². The molecule has 0 aromatic carbocycles. The van der Waals surface area contributed by atoms with Gasteiger partial charge in [0.1, 0.15) is 0 Å². The van der Waals surface area contributed by atoms with E-state index in [1.807, 2.05) is 0 Å². The highest BCUT2D eigenvalue weighted by Crippen LogP contribution is 2.52. The van der Waals surface area contributed by atoms with Gasteiger partial charge in [0.05, 0.1) is 12.5 Å². The van der Waals surface area contributed by atoms with Gasteiger partial charge in [-0.1, -0.05) is 0 Å². The second kappa shape index (κ2) is 2.79. The van der Waals surface area contributed by atoms with E-state index in [0.717, 1.165) is 0 Å². The zero-order valence-electron chi connectivity index (χ0n) is 6.54. The van der Waals surface area contributed by atoms with Gasteiger partial charge in [-0.05, 0) is 6.42 Å². The Morgan fingerprint density at radius 3 is 2.82 bits per heavy atom. The first-order valence-electron chi connectivity index (χ1n) is 3.60. The van der Waals surface area contributed by atoms with Crippen molar-refractivity contribution in [3.8, 4) is 0 Å². The summed E-state index contributed by atoms with van der Waals surface area (Å²) in [6.45, 7) is 0.289. The first-order chi connectivity index (χ1) is 5.21. The summed E-state index contributed by atoms with van der Waals surface area (Å²) in [5.74, 6) is -0.279. The van der Waals surface area contributed by atoms with Gasteiger partial charge in [0.2, 0.25) is 0 Å². The second-order valence-electron chi connectivity index (χ2n) is 2.94. The van der Waals surface area contributed by atoms with Gasteiger partial charge in [-0.3, -0.25) is 4.79 Å². The van der Waals surface area contributed by atoms with Crippen molar-refractivity contribution in [3.63, 3.8) is 0 Å². The van der Waals surface area contributed by atoms with Crippen LogP contribution in [0.4, 0.5) is 0 Å². The maximum Gasteiger partial charge on any atom is 0.313 e. The average Bonchev–Trinajstić information content (AvgIpc) is 2.78. The molecule has 0 saturated heterocycles. The summed E-state index contributed by atoms with van der Waals surface area (Å²) in [5, 5.41) is 8.75. The van der Waals surface area contributed by atoms with Crippen LogP contribution in [0.5, 0.6) is 0 Å². The number of carbonyl (C=O) groups is 1. The molecule has 0 aromatic rings. The molecule has 0 amide bonds. The van der Waals surface area contributed by atoms with E-state index in [-0.39, 0.29) is 25.0 Å². The minimum Gasteiger partial charge on any atom is -0.469 e. The molecule has 1 aliphatic carbocycles. The Morgan fingerprint density at radius 2 is 2.55 bits per heavy atom. The molecule has 2 atom stereocenters. The van der Waals surface area contributed by atoms with Crippen LogP contribution in [0.2, 0.25) is 0 Å². The lowest BCUT2D eigenvalue weighted by molar-refractivity contribution is -0.147. The topological polar surface area (TPSA) is 72.5 Å². The molecule has 3 N–H and O–H groups in total. The van der Waals surface area contributed by atoms with E-state index >= 15 is 0 Å². The molecule has 11 heavy (non-hydrogen) atoms. The molecule has 64 valence electrons. The van der Waals surface area contributed by atoms with Crippen molar-refractivity contribution in [1.82, 2.24) is 0 Å². The SMILES string of the molecule is COC(=O)C1(CN)CC1CO. The van der Waals surface area contributed by atoms with E-state index in [4.69, 9.17) is 10.8 Å². The Labute approximate surface area is 65.3 Å². The monoisotopic (exact) mass is 159 g/mol. The number of hydrogen-bond acceptors (Lipinski definition) is 4. The van der Waals surface area contributed by atoms with Crippen LogP contribution in [0.3, 0.4) is 0 Å². The third kappa shape index (κ3) is 1.12. The smallest absolute Gasteiger partial charge is 0.313 e. The van der Waals surface area contributed by atoms with E-state index in [1.54, 1.807) is 0 Å². The third-order valence-electron chi connectivity index (χ3n) is 2.41. The molecule has 4 nitrogen and oxygen atoms in total. The van der Waals surface area contributed by atoms with Crippen molar-refractivity contribution in [2.75, 3.05) is 20.3 Å². The van der Waals surface area contributed by atoms with Crippen LogP contribution in [0.1, 0.15) is 6.42 Å². The fourth-order valence-electron chi connectivity index (χ4n) is 1.41. The minimum atomic E-state index is -0.566. The van der Waals surface area contributed by atoms with Gasteiger partial charge in [-0.15, -0.1) is 0 Å². The maximum absolute atomic E-state index is 11.1.